The van der Waals surface area contributed by atoms with E-state index in [1.165, 1.54) is 0 Å². The first-order chi connectivity index (χ1) is 21.8. The molecule has 1 aromatic carbocycles. The molecule has 3 aromatic rings. The normalized spacial score (nSPS) is 28.9. The van der Waals surface area contributed by atoms with Crippen LogP contribution in [0.15, 0.2) is 12.6 Å². The molecule has 4 fully saturated rings. The third-order valence-corrected chi connectivity index (χ3v) is 10.6. The molecule has 8 rings (SSSR count). The van der Waals surface area contributed by atoms with Crippen LogP contribution in [0, 0.1) is 18.6 Å². The van der Waals surface area contributed by atoms with Crippen LogP contribution >= 0.6 is 0 Å². The van der Waals surface area contributed by atoms with Crippen molar-refractivity contribution in [2.45, 2.75) is 81.5 Å². The molecule has 0 amide bonds. The van der Waals surface area contributed by atoms with Crippen molar-refractivity contribution in [3.63, 3.8) is 0 Å². The Hall–Kier alpha value is -3.65. The number of anilines is 2. The summed E-state index contributed by atoms with van der Waals surface area (Å²) in [6, 6.07) is 0.569. The van der Waals surface area contributed by atoms with E-state index in [-0.39, 0.29) is 71.7 Å². The van der Waals surface area contributed by atoms with Crippen molar-refractivity contribution in [1.82, 2.24) is 25.2 Å². The molecule has 46 heavy (non-hydrogen) atoms. The van der Waals surface area contributed by atoms with E-state index < -0.39 is 51.9 Å². The summed E-state index contributed by atoms with van der Waals surface area (Å²) < 4.78 is 97.6. The van der Waals surface area contributed by atoms with Crippen molar-refractivity contribution in [2.24, 2.45) is 0 Å². The summed E-state index contributed by atoms with van der Waals surface area (Å²) in [7, 11) is 0. The van der Waals surface area contributed by atoms with Crippen LogP contribution in [-0.4, -0.2) is 75.9 Å². The summed E-state index contributed by atoms with van der Waals surface area (Å²) in [4.78, 5) is 16.9. The molecule has 14 heteroatoms. The maximum atomic E-state index is 16.9. The van der Waals surface area contributed by atoms with Gasteiger partial charge in [0.05, 0.1) is 27.7 Å². The van der Waals surface area contributed by atoms with Gasteiger partial charge >= 0.3 is 12.2 Å². The first kappa shape index (κ1) is 29.7. The molecule has 8 nitrogen and oxygen atoms in total. The quantitative estimate of drug-likeness (QED) is 0.357. The summed E-state index contributed by atoms with van der Waals surface area (Å²) in [5, 5.41) is 3.63. The van der Waals surface area contributed by atoms with Crippen LogP contribution in [0.25, 0.3) is 27.6 Å². The second-order valence-electron chi connectivity index (χ2n) is 13.4. The number of hydrogen-bond donors (Lipinski definition) is 2. The van der Waals surface area contributed by atoms with Gasteiger partial charge in [-0.3, -0.25) is 4.90 Å². The van der Waals surface area contributed by atoms with Crippen molar-refractivity contribution in [1.29, 1.82) is 0 Å². The molecule has 0 aliphatic carbocycles. The van der Waals surface area contributed by atoms with Crippen LogP contribution in [0.5, 0.6) is 6.01 Å². The fourth-order valence-corrected chi connectivity index (χ4v) is 8.75. The van der Waals surface area contributed by atoms with Gasteiger partial charge in [0.2, 0.25) is 0 Å². The number of ether oxygens (including phenoxy) is 1. The predicted octanol–water partition coefficient (Wildman–Crippen LogP) is 5.56. The number of pyridine rings is 1. The molecule has 2 bridgehead atoms. The number of hydrogen-bond acceptors (Lipinski definition) is 8. The number of fused-ring (bicyclic) bond motifs is 6. The number of alkyl halides is 4. The van der Waals surface area contributed by atoms with Gasteiger partial charge in [0, 0.05) is 48.8 Å². The number of benzene rings is 1. The molecule has 0 unspecified atom stereocenters. The third-order valence-electron chi connectivity index (χ3n) is 10.6. The summed E-state index contributed by atoms with van der Waals surface area (Å²) in [5.41, 5.74) is 1.58. The molecule has 244 valence electrons. The molecule has 2 aromatic heterocycles. The average molecular weight is 646 g/mol. The molecule has 0 radical (unpaired) electrons. The molecule has 7 heterocycles. The molecule has 5 atom stereocenters. The van der Waals surface area contributed by atoms with Crippen molar-refractivity contribution < 1.29 is 31.1 Å². The number of aromatic nitrogens is 3. The fourth-order valence-electron chi connectivity index (χ4n) is 8.75. The minimum Gasteiger partial charge on any atom is -0.461 e. The van der Waals surface area contributed by atoms with E-state index in [1.807, 2.05) is 4.90 Å². The van der Waals surface area contributed by atoms with Gasteiger partial charge in [-0.05, 0) is 57.2 Å². The summed E-state index contributed by atoms with van der Waals surface area (Å²) in [6.45, 7) is 6.84. The molecule has 5 aliphatic heterocycles. The second kappa shape index (κ2) is 10.2. The zero-order valence-corrected chi connectivity index (χ0v) is 25.2. The highest BCUT2D eigenvalue weighted by atomic mass is 19.4. The lowest BCUT2D eigenvalue weighted by atomic mass is 9.89. The fraction of sp³-hybridized carbons (Fsp3) is 0.531. The highest BCUT2D eigenvalue weighted by Crippen LogP contribution is 2.49. The molecular weight excluding hydrogens is 612 g/mol. The zero-order chi connectivity index (χ0) is 32.3. The Morgan fingerprint density at radius 3 is 2.72 bits per heavy atom. The number of nitrogens with one attached hydrogen (secondary N) is 1. The summed E-state index contributed by atoms with van der Waals surface area (Å²) in [5.74, 6) is -2.56. The van der Waals surface area contributed by atoms with Gasteiger partial charge in [0.1, 0.15) is 35.7 Å². The number of nitrogen functional groups attached to an aromatic ring is 1. The minimum absolute atomic E-state index is 0.0250. The minimum atomic E-state index is -4.99. The Kier molecular flexibility index (Phi) is 6.58. The molecule has 0 saturated carbocycles. The number of aryl methyl sites for hydroxylation is 1. The molecule has 0 spiro atoms. The third kappa shape index (κ3) is 4.39. The first-order valence-corrected chi connectivity index (χ1v) is 15.6. The van der Waals surface area contributed by atoms with E-state index in [0.717, 1.165) is 38.8 Å². The Labute approximate surface area is 261 Å². The van der Waals surface area contributed by atoms with Gasteiger partial charge in [0.15, 0.2) is 5.82 Å². The van der Waals surface area contributed by atoms with Crippen LogP contribution in [0.1, 0.15) is 55.3 Å². The van der Waals surface area contributed by atoms with Gasteiger partial charge in [-0.1, -0.05) is 6.58 Å². The van der Waals surface area contributed by atoms with E-state index >= 15 is 8.78 Å². The van der Waals surface area contributed by atoms with Crippen molar-refractivity contribution in [3.8, 4) is 17.1 Å². The van der Waals surface area contributed by atoms with Crippen LogP contribution in [0.2, 0.25) is 0 Å². The van der Waals surface area contributed by atoms with Gasteiger partial charge in [-0.25, -0.2) is 18.2 Å². The highest BCUT2D eigenvalue weighted by Gasteiger charge is 2.50. The number of rotatable bonds is 4. The lowest BCUT2D eigenvalue weighted by Gasteiger charge is -2.41. The SMILES string of the molecule is C=C1C[C@H]2[C@@H]3CC[C@H](CN2c2nc(OC[C@@]45CCCN4C[C@H](F)C5)nc4c(F)c(-c5cc(N)nc(C)c5C(F)(F)F)c(F)c1c24)N3. The van der Waals surface area contributed by atoms with Crippen molar-refractivity contribution in [3.05, 3.63) is 41.1 Å². The smallest absolute Gasteiger partial charge is 0.418 e. The number of piperazine rings is 1. The van der Waals surface area contributed by atoms with Gasteiger partial charge < -0.3 is 20.7 Å². The average Bonchev–Trinajstić information content (AvgIpc) is 3.61. The maximum Gasteiger partial charge on any atom is 0.418 e. The lowest BCUT2D eigenvalue weighted by Crippen LogP contribution is -2.58. The van der Waals surface area contributed by atoms with Crippen molar-refractivity contribution >= 4 is 28.1 Å². The van der Waals surface area contributed by atoms with Crippen LogP contribution in [0.3, 0.4) is 0 Å². The number of halogens is 6. The van der Waals surface area contributed by atoms with Crippen LogP contribution in [-0.2, 0) is 6.18 Å². The molecule has 5 aliphatic rings. The number of nitrogens with zero attached hydrogens (tertiary/aromatic N) is 5. The summed E-state index contributed by atoms with van der Waals surface area (Å²) >= 11 is 0. The van der Waals surface area contributed by atoms with Gasteiger partial charge in [-0.2, -0.15) is 23.1 Å². The molecular formula is C32H33F6N7O. The van der Waals surface area contributed by atoms with E-state index in [9.17, 15) is 17.6 Å². The van der Waals surface area contributed by atoms with Crippen LogP contribution in [0.4, 0.5) is 38.0 Å². The standard InChI is InChI=1S/C32H33F6N7O/c1-14-8-20-19-5-4-17(41-19)12-45(20)29-24-22(14)26(34)23(18-9-21(39)40-15(2)25(18)32(36,37)38)27(35)28(24)42-30(43-29)46-13-31-6-3-7-44(31)11-16(33)10-31/h9,16-17,19-20,41H,1,3-8,10-13H2,2H3,(H2,39,40)/t16-,17-,19+,20+,31+/m1/s1. The van der Waals surface area contributed by atoms with Crippen LogP contribution < -0.4 is 20.7 Å². The first-order valence-electron chi connectivity index (χ1n) is 15.6. The highest BCUT2D eigenvalue weighted by molar-refractivity contribution is 6.04. The Balaban J connectivity index is 1.36. The van der Waals surface area contributed by atoms with E-state index in [1.54, 1.807) is 0 Å². The van der Waals surface area contributed by atoms with Gasteiger partial charge in [0.25, 0.3) is 0 Å². The van der Waals surface area contributed by atoms with E-state index in [0.29, 0.717) is 25.1 Å². The summed E-state index contributed by atoms with van der Waals surface area (Å²) in [6.07, 6.45) is -2.06. The molecule has 4 saturated heterocycles. The molecule has 3 N–H and O–H groups in total. The van der Waals surface area contributed by atoms with E-state index in [2.05, 4.69) is 26.8 Å². The van der Waals surface area contributed by atoms with Crippen molar-refractivity contribution in [2.75, 3.05) is 36.9 Å². The largest absolute Gasteiger partial charge is 0.461 e. The van der Waals surface area contributed by atoms with E-state index in [4.69, 9.17) is 15.5 Å². The van der Waals surface area contributed by atoms with Gasteiger partial charge in [-0.15, -0.1) is 0 Å². The maximum absolute atomic E-state index is 16.9. The lowest BCUT2D eigenvalue weighted by molar-refractivity contribution is -0.137. The predicted molar refractivity (Wildman–Crippen MR) is 160 cm³/mol. The number of nitrogens with two attached hydrogens (primary N) is 1. The monoisotopic (exact) mass is 645 g/mol. The topological polar surface area (TPSA) is 92.4 Å². The zero-order valence-electron chi connectivity index (χ0n) is 25.2. The Morgan fingerprint density at radius 1 is 1.13 bits per heavy atom. The Bertz CT molecular complexity index is 1800. The Morgan fingerprint density at radius 2 is 1.93 bits per heavy atom. The second-order valence-corrected chi connectivity index (χ2v) is 13.4.